The highest BCUT2D eigenvalue weighted by molar-refractivity contribution is 6.15. The summed E-state index contributed by atoms with van der Waals surface area (Å²) in [6.45, 7) is 0. The highest BCUT2D eigenvalue weighted by Crippen LogP contribution is 2.44. The molecule has 0 aliphatic rings. The van der Waals surface area contributed by atoms with Crippen LogP contribution in [0.3, 0.4) is 0 Å². The Morgan fingerprint density at radius 2 is 0.981 bits per heavy atom. The molecule has 0 saturated carbocycles. The largest absolute Gasteiger partial charge is 0.456 e. The van der Waals surface area contributed by atoms with Gasteiger partial charge < -0.3 is 4.42 Å². The lowest BCUT2D eigenvalue weighted by Crippen LogP contribution is -2.12. The van der Waals surface area contributed by atoms with Gasteiger partial charge >= 0.3 is 0 Å². The predicted octanol–water partition coefficient (Wildman–Crippen LogP) is 13.8. The summed E-state index contributed by atoms with van der Waals surface area (Å²) in [6, 6.07) is 66.7. The number of anilines is 3. The first-order valence-electron chi connectivity index (χ1n) is 17.6. The maximum absolute atomic E-state index is 6.52. The minimum absolute atomic E-state index is 0.806. The van der Waals surface area contributed by atoms with E-state index in [4.69, 9.17) is 9.40 Å². The smallest absolute Gasteiger partial charge is 0.149 e. The van der Waals surface area contributed by atoms with E-state index < -0.39 is 0 Å². The molecule has 0 bridgehead atoms. The molecule has 0 aliphatic heterocycles. The Kier molecular flexibility index (Phi) is 7.14. The number of hydrogen-bond acceptors (Lipinski definition) is 3. The van der Waals surface area contributed by atoms with Crippen molar-refractivity contribution in [3.05, 3.63) is 194 Å². The van der Waals surface area contributed by atoms with Crippen molar-refractivity contribution < 1.29 is 4.42 Å². The summed E-state index contributed by atoms with van der Waals surface area (Å²) in [6.07, 6.45) is 1.85. The van der Waals surface area contributed by atoms with Gasteiger partial charge in [-0.05, 0) is 97.4 Å². The normalized spacial score (nSPS) is 11.5. The highest BCUT2D eigenvalue weighted by atomic mass is 16.3. The maximum Gasteiger partial charge on any atom is 0.149 e. The molecule has 10 aromatic rings. The van der Waals surface area contributed by atoms with Crippen LogP contribution in [-0.4, -0.2) is 4.98 Å². The Labute approximate surface area is 301 Å². The van der Waals surface area contributed by atoms with E-state index >= 15 is 0 Å². The van der Waals surface area contributed by atoms with E-state index in [1.165, 1.54) is 38.4 Å². The van der Waals surface area contributed by atoms with Crippen LogP contribution in [0.2, 0.25) is 0 Å². The van der Waals surface area contributed by atoms with E-state index in [0.717, 1.165) is 55.6 Å². The number of benzene rings is 8. The molecule has 0 radical (unpaired) electrons. The van der Waals surface area contributed by atoms with Gasteiger partial charge in [0.1, 0.15) is 17.0 Å². The van der Waals surface area contributed by atoms with Gasteiger partial charge in [0.05, 0.1) is 5.39 Å². The Hall–Kier alpha value is -6.97. The van der Waals surface area contributed by atoms with Crippen molar-refractivity contribution in [2.75, 3.05) is 4.90 Å². The Balaban J connectivity index is 1.14. The Morgan fingerprint density at radius 3 is 1.75 bits per heavy atom. The molecule has 0 spiro atoms. The molecular formula is C49H32N2O. The highest BCUT2D eigenvalue weighted by Gasteiger charge is 2.22. The van der Waals surface area contributed by atoms with Gasteiger partial charge in [-0.1, -0.05) is 146 Å². The van der Waals surface area contributed by atoms with Gasteiger partial charge in [0.2, 0.25) is 0 Å². The van der Waals surface area contributed by atoms with Gasteiger partial charge in [-0.2, -0.15) is 0 Å². The van der Waals surface area contributed by atoms with Crippen molar-refractivity contribution in [1.82, 2.24) is 4.98 Å². The third-order valence-corrected chi connectivity index (χ3v) is 10.1. The number of hydrogen-bond donors (Lipinski definition) is 0. The second kappa shape index (κ2) is 12.4. The first-order valence-corrected chi connectivity index (χ1v) is 17.6. The summed E-state index contributed by atoms with van der Waals surface area (Å²) in [7, 11) is 0. The van der Waals surface area contributed by atoms with Gasteiger partial charge in [-0.15, -0.1) is 0 Å². The molecule has 244 valence electrons. The van der Waals surface area contributed by atoms with Crippen molar-refractivity contribution in [3.63, 3.8) is 0 Å². The number of fused-ring (bicyclic) bond motifs is 5. The summed E-state index contributed by atoms with van der Waals surface area (Å²) in [5.74, 6) is 0.821. The average molecular weight is 665 g/mol. The van der Waals surface area contributed by atoms with E-state index in [-0.39, 0.29) is 0 Å². The monoisotopic (exact) mass is 664 g/mol. The van der Waals surface area contributed by atoms with Crippen LogP contribution in [0.25, 0.3) is 76.9 Å². The molecule has 52 heavy (non-hydrogen) atoms. The second-order valence-electron chi connectivity index (χ2n) is 13.2. The summed E-state index contributed by atoms with van der Waals surface area (Å²) < 4.78 is 6.52. The van der Waals surface area contributed by atoms with Crippen LogP contribution in [0, 0.1) is 0 Å². The zero-order chi connectivity index (χ0) is 34.4. The predicted molar refractivity (Wildman–Crippen MR) is 218 cm³/mol. The van der Waals surface area contributed by atoms with Crippen molar-refractivity contribution >= 4 is 60.7 Å². The van der Waals surface area contributed by atoms with Gasteiger partial charge in [-0.3, -0.25) is 4.90 Å². The van der Waals surface area contributed by atoms with Gasteiger partial charge in [0.25, 0.3) is 0 Å². The standard InChI is InChI=1S/C49H32N2O/c1-2-10-33(11-3-1)34-20-22-35(23-21-34)36-24-26-41(27-25-36)51(42-17-8-16-40(30-42)44-19-9-15-37-12-6-7-18-43(37)44)49-48-45-31-38-13-4-5-14-39(38)32-47(45)52-46(48)28-29-50-49/h1-32H. The molecule has 2 heterocycles. The van der Waals surface area contributed by atoms with E-state index in [1.54, 1.807) is 0 Å². The number of pyridine rings is 1. The Morgan fingerprint density at radius 1 is 0.385 bits per heavy atom. The van der Waals surface area contributed by atoms with Crippen LogP contribution in [0.15, 0.2) is 199 Å². The van der Waals surface area contributed by atoms with Crippen LogP contribution in [-0.2, 0) is 0 Å². The zero-order valence-electron chi connectivity index (χ0n) is 28.3. The minimum Gasteiger partial charge on any atom is -0.456 e. The molecule has 0 saturated heterocycles. The molecule has 8 aromatic carbocycles. The molecule has 0 amide bonds. The van der Waals surface area contributed by atoms with Crippen LogP contribution >= 0.6 is 0 Å². The summed E-state index contributed by atoms with van der Waals surface area (Å²) in [5, 5.41) is 6.79. The molecular weight excluding hydrogens is 633 g/mol. The minimum atomic E-state index is 0.806. The van der Waals surface area contributed by atoms with E-state index in [0.29, 0.717) is 0 Å². The van der Waals surface area contributed by atoms with Crippen LogP contribution < -0.4 is 4.90 Å². The fraction of sp³-hybridized carbons (Fsp3) is 0. The lowest BCUT2D eigenvalue weighted by atomic mass is 9.97. The fourth-order valence-electron chi connectivity index (χ4n) is 7.53. The van der Waals surface area contributed by atoms with Gasteiger partial charge in [0.15, 0.2) is 0 Å². The third-order valence-electron chi connectivity index (χ3n) is 10.1. The van der Waals surface area contributed by atoms with E-state index in [1.807, 2.05) is 12.3 Å². The summed E-state index contributed by atoms with van der Waals surface area (Å²) in [5.41, 5.74) is 10.8. The van der Waals surface area contributed by atoms with Crippen molar-refractivity contribution in [2.45, 2.75) is 0 Å². The SMILES string of the molecule is c1ccc(-c2ccc(-c3ccc(N(c4cccc(-c5cccc6ccccc56)c4)c4nccc5oc6cc7ccccc7cc6c45)cc3)cc2)cc1. The van der Waals surface area contributed by atoms with Crippen LogP contribution in [0.5, 0.6) is 0 Å². The molecule has 3 heteroatoms. The molecule has 10 rings (SSSR count). The number of nitrogens with zero attached hydrogens (tertiary/aromatic N) is 2. The first-order chi connectivity index (χ1) is 25.8. The van der Waals surface area contributed by atoms with Gasteiger partial charge in [-0.25, -0.2) is 4.98 Å². The van der Waals surface area contributed by atoms with E-state index in [9.17, 15) is 0 Å². The number of rotatable bonds is 6. The Bertz CT molecular complexity index is 2880. The van der Waals surface area contributed by atoms with Crippen molar-refractivity contribution in [2.24, 2.45) is 0 Å². The summed E-state index contributed by atoms with van der Waals surface area (Å²) in [4.78, 5) is 7.37. The van der Waals surface area contributed by atoms with Crippen LogP contribution in [0.4, 0.5) is 17.2 Å². The first kappa shape index (κ1) is 29.9. The molecule has 0 aliphatic carbocycles. The molecule has 0 unspecified atom stereocenters. The lowest BCUT2D eigenvalue weighted by molar-refractivity contribution is 0.669. The van der Waals surface area contributed by atoms with Gasteiger partial charge in [0, 0.05) is 23.0 Å². The molecule has 0 N–H and O–H groups in total. The molecule has 2 aromatic heterocycles. The van der Waals surface area contributed by atoms with E-state index in [2.05, 4.69) is 187 Å². The average Bonchev–Trinajstić information content (AvgIpc) is 3.58. The van der Waals surface area contributed by atoms with Crippen molar-refractivity contribution in [3.8, 4) is 33.4 Å². The zero-order valence-corrected chi connectivity index (χ0v) is 28.3. The van der Waals surface area contributed by atoms with Crippen molar-refractivity contribution in [1.29, 1.82) is 0 Å². The maximum atomic E-state index is 6.52. The van der Waals surface area contributed by atoms with Crippen LogP contribution in [0.1, 0.15) is 0 Å². The topological polar surface area (TPSA) is 29.3 Å². The summed E-state index contributed by atoms with van der Waals surface area (Å²) >= 11 is 0. The number of furan rings is 1. The lowest BCUT2D eigenvalue weighted by Gasteiger charge is -2.26. The molecule has 0 fully saturated rings. The number of aromatic nitrogens is 1. The molecule has 3 nitrogen and oxygen atoms in total. The quantitative estimate of drug-likeness (QED) is 0.177. The third kappa shape index (κ3) is 5.19. The second-order valence-corrected chi connectivity index (χ2v) is 13.2. The fourth-order valence-corrected chi connectivity index (χ4v) is 7.53. The molecule has 0 atom stereocenters.